The Balaban J connectivity index is 2.44. The molecule has 0 radical (unpaired) electrons. The Hall–Kier alpha value is -0.361. The summed E-state index contributed by atoms with van der Waals surface area (Å²) >= 11 is -0.490. The third kappa shape index (κ3) is 4.43. The molecule has 0 aliphatic heterocycles. The fraction of sp³-hybridized carbons (Fsp3) is 0.684. The van der Waals surface area contributed by atoms with Crippen LogP contribution in [0.3, 0.4) is 0 Å². The van der Waals surface area contributed by atoms with Crippen LogP contribution in [0.2, 0.25) is 13.3 Å². The maximum absolute atomic E-state index is 11.8. The van der Waals surface area contributed by atoms with Crippen LogP contribution in [-0.4, -0.2) is 33.5 Å². The first kappa shape index (κ1) is 20.0. The van der Waals surface area contributed by atoms with Crippen LogP contribution in [0.1, 0.15) is 76.7 Å². The summed E-state index contributed by atoms with van der Waals surface area (Å²) in [6, 6.07) is 0. The molecule has 0 spiro atoms. The van der Waals surface area contributed by atoms with Gasteiger partial charge >= 0.3 is 155 Å². The SMILES string of the molecule is CCC[CH2][Sn]([CH2]CCC)([CH2]CCC)[c]1cn2cnc(C(C)=O)c2s1. The number of Topliss-reactive ketones (excluding diaryl/α,β-unsaturated/α-hetero) is 1. The van der Waals surface area contributed by atoms with E-state index in [1.54, 1.807) is 9.82 Å². The molecule has 2 rings (SSSR count). The molecule has 0 aromatic carbocycles. The number of hydrogen-bond donors (Lipinski definition) is 0. The molecule has 2 aromatic heterocycles. The summed E-state index contributed by atoms with van der Waals surface area (Å²) in [5.74, 6) is 0.0855. The van der Waals surface area contributed by atoms with E-state index in [9.17, 15) is 4.79 Å². The number of unbranched alkanes of at least 4 members (excludes halogenated alkanes) is 3. The number of aromatic nitrogens is 2. The first-order chi connectivity index (χ1) is 11.6. The summed E-state index contributed by atoms with van der Waals surface area (Å²) in [4.78, 5) is 17.2. The van der Waals surface area contributed by atoms with Crippen molar-refractivity contribution < 1.29 is 4.79 Å². The first-order valence-electron chi connectivity index (χ1n) is 9.55. The second-order valence-corrected chi connectivity index (χ2v) is 22.2. The summed E-state index contributed by atoms with van der Waals surface area (Å²) in [6.45, 7) is 8.57. The van der Waals surface area contributed by atoms with Gasteiger partial charge in [-0.05, 0) is 0 Å². The molecule has 3 nitrogen and oxygen atoms in total. The fourth-order valence-corrected chi connectivity index (χ4v) is 23.7. The maximum atomic E-state index is 11.8. The van der Waals surface area contributed by atoms with Crippen LogP contribution >= 0.6 is 11.3 Å². The van der Waals surface area contributed by atoms with E-state index < -0.39 is 18.4 Å². The van der Waals surface area contributed by atoms with Gasteiger partial charge in [0.15, 0.2) is 0 Å². The van der Waals surface area contributed by atoms with Gasteiger partial charge < -0.3 is 0 Å². The average molecular weight is 455 g/mol. The molecule has 0 bridgehead atoms. The van der Waals surface area contributed by atoms with Gasteiger partial charge in [-0.15, -0.1) is 0 Å². The van der Waals surface area contributed by atoms with E-state index in [0.29, 0.717) is 5.69 Å². The van der Waals surface area contributed by atoms with Gasteiger partial charge in [-0.3, -0.25) is 0 Å². The number of hydrogen-bond acceptors (Lipinski definition) is 3. The molecule has 2 heterocycles. The Morgan fingerprint density at radius 2 is 1.62 bits per heavy atom. The van der Waals surface area contributed by atoms with Crippen LogP contribution < -0.4 is 2.89 Å². The van der Waals surface area contributed by atoms with E-state index in [1.807, 2.05) is 17.7 Å². The van der Waals surface area contributed by atoms with Crippen molar-refractivity contribution in [3.05, 3.63) is 18.2 Å². The molecule has 0 atom stereocenters. The number of imidazole rings is 1. The van der Waals surface area contributed by atoms with Crippen molar-refractivity contribution in [2.45, 2.75) is 79.5 Å². The summed E-state index contributed by atoms with van der Waals surface area (Å²) < 4.78 is 8.19. The summed E-state index contributed by atoms with van der Waals surface area (Å²) in [5.41, 5.74) is 0.660. The molecule has 0 aliphatic carbocycles. The molecule has 0 saturated carbocycles. The van der Waals surface area contributed by atoms with Crippen molar-refractivity contribution in [3.8, 4) is 0 Å². The van der Waals surface area contributed by atoms with Crippen molar-refractivity contribution in [1.29, 1.82) is 0 Å². The third-order valence-electron chi connectivity index (χ3n) is 5.09. The van der Waals surface area contributed by atoms with Crippen molar-refractivity contribution in [3.63, 3.8) is 0 Å². The summed E-state index contributed by atoms with van der Waals surface area (Å²) in [6.07, 6.45) is 12.2. The van der Waals surface area contributed by atoms with E-state index in [-0.39, 0.29) is 5.78 Å². The van der Waals surface area contributed by atoms with E-state index in [1.165, 1.54) is 51.8 Å². The Bertz CT molecular complexity index is 640. The van der Waals surface area contributed by atoms with E-state index >= 15 is 0 Å². The Kier molecular flexibility index (Phi) is 7.79. The molecule has 0 saturated heterocycles. The predicted octanol–water partition coefficient (Wildman–Crippen LogP) is 5.65. The second kappa shape index (κ2) is 9.37. The van der Waals surface area contributed by atoms with Crippen molar-refractivity contribution in [2.75, 3.05) is 0 Å². The van der Waals surface area contributed by atoms with Crippen LogP contribution in [0, 0.1) is 0 Å². The van der Waals surface area contributed by atoms with Crippen LogP contribution in [0.5, 0.6) is 0 Å². The van der Waals surface area contributed by atoms with Gasteiger partial charge in [0.1, 0.15) is 0 Å². The first-order valence-corrected chi connectivity index (χ1v) is 17.9. The summed E-state index contributed by atoms with van der Waals surface area (Å²) in [5, 5.41) is 0. The number of carbonyl (C=O) groups is 1. The van der Waals surface area contributed by atoms with Crippen LogP contribution in [0.25, 0.3) is 4.83 Å². The van der Waals surface area contributed by atoms with Crippen LogP contribution in [0.4, 0.5) is 0 Å². The Morgan fingerprint density at radius 1 is 1.08 bits per heavy atom. The minimum absolute atomic E-state index is 0.0855. The standard InChI is InChI=1S/C7H5N2OS.3C4H9.Sn/c1-5(10)6-7-9(4-8-6)2-3-11-7;3*1-3-4-2;/h2,4H,1H3;3*1,3-4H2,2H3;. The van der Waals surface area contributed by atoms with E-state index in [0.717, 1.165) is 4.83 Å². The molecule has 0 amide bonds. The second-order valence-electron chi connectivity index (χ2n) is 7.05. The molecule has 0 aliphatic rings. The Morgan fingerprint density at radius 3 is 2.08 bits per heavy atom. The molecule has 0 unspecified atom stereocenters. The van der Waals surface area contributed by atoms with Crippen molar-refractivity contribution in [1.82, 2.24) is 9.38 Å². The van der Waals surface area contributed by atoms with Gasteiger partial charge in [0.25, 0.3) is 0 Å². The van der Waals surface area contributed by atoms with Gasteiger partial charge in [0, 0.05) is 0 Å². The zero-order valence-electron chi connectivity index (χ0n) is 15.7. The molecule has 0 fully saturated rings. The van der Waals surface area contributed by atoms with E-state index in [4.69, 9.17) is 0 Å². The predicted molar refractivity (Wildman–Crippen MR) is 108 cm³/mol. The molecular weight excluding hydrogens is 423 g/mol. The molecule has 2 aromatic rings. The normalized spacial score (nSPS) is 12.2. The van der Waals surface area contributed by atoms with Crippen LogP contribution in [0.15, 0.2) is 12.5 Å². The Labute approximate surface area is 154 Å². The zero-order valence-corrected chi connectivity index (χ0v) is 19.4. The number of nitrogens with zero attached hydrogens (tertiary/aromatic N) is 2. The number of fused-ring (bicyclic) bond motifs is 1. The number of ketones is 1. The quantitative estimate of drug-likeness (QED) is 0.324. The molecular formula is C19H32N2OSSn. The van der Waals surface area contributed by atoms with Gasteiger partial charge in [-0.2, -0.15) is 0 Å². The number of carbonyl (C=O) groups excluding carboxylic acids is 1. The molecule has 5 heteroatoms. The zero-order chi connectivity index (χ0) is 17.6. The topological polar surface area (TPSA) is 34.4 Å². The van der Waals surface area contributed by atoms with Gasteiger partial charge in [-0.1, -0.05) is 0 Å². The molecule has 0 N–H and O–H groups in total. The van der Waals surface area contributed by atoms with Gasteiger partial charge in [-0.25, -0.2) is 0 Å². The molecule has 134 valence electrons. The molecule has 24 heavy (non-hydrogen) atoms. The third-order valence-corrected chi connectivity index (χ3v) is 24.4. The van der Waals surface area contributed by atoms with Gasteiger partial charge in [0.05, 0.1) is 0 Å². The van der Waals surface area contributed by atoms with Crippen molar-refractivity contribution in [2.24, 2.45) is 0 Å². The monoisotopic (exact) mass is 456 g/mol. The van der Waals surface area contributed by atoms with Crippen LogP contribution in [-0.2, 0) is 0 Å². The van der Waals surface area contributed by atoms with Gasteiger partial charge in [0.2, 0.25) is 0 Å². The fourth-order valence-electron chi connectivity index (χ4n) is 3.58. The number of thiazole rings is 1. The average Bonchev–Trinajstić information content (AvgIpc) is 3.15. The van der Waals surface area contributed by atoms with Crippen molar-refractivity contribution >= 4 is 43.2 Å². The van der Waals surface area contributed by atoms with E-state index in [2.05, 4.69) is 36.4 Å². The summed E-state index contributed by atoms with van der Waals surface area (Å²) in [7, 11) is 0. The number of rotatable bonds is 11. The minimum atomic E-state index is -2.38.